The Balaban J connectivity index is 1.70. The molecule has 0 aliphatic heterocycles. The van der Waals surface area contributed by atoms with Gasteiger partial charge in [0.1, 0.15) is 12.4 Å². The maximum absolute atomic E-state index is 11.9. The summed E-state index contributed by atoms with van der Waals surface area (Å²) in [6.07, 6.45) is -0.616. The Morgan fingerprint density at radius 3 is 2.59 bits per heavy atom. The molecule has 1 amide bonds. The highest BCUT2D eigenvalue weighted by molar-refractivity contribution is 5.86. The lowest BCUT2D eigenvalue weighted by atomic mass is 10.2. The largest absolute Gasteiger partial charge is 0.444 e. The topological polar surface area (TPSA) is 71.2 Å². The molecule has 5 heteroatoms. The van der Waals surface area contributed by atoms with Crippen LogP contribution in [0.15, 0.2) is 65.5 Å². The van der Waals surface area contributed by atoms with Gasteiger partial charge in [-0.15, -0.1) is 0 Å². The lowest BCUT2D eigenvalue weighted by molar-refractivity contribution is 0.155. The first-order valence-corrected chi connectivity index (χ1v) is 6.82. The predicted molar refractivity (Wildman–Crippen MR) is 84.8 cm³/mol. The standard InChI is InChI=1S/C17H14N2O3/c20-15-10-16(18-14-9-5-4-8-13(14)15)19-17(21)22-11-12-6-2-1-3-7-12/h1-10H,11H2,(H2,18,19,20,21). The van der Waals surface area contributed by atoms with Gasteiger partial charge >= 0.3 is 6.09 Å². The molecule has 110 valence electrons. The number of anilines is 1. The maximum Gasteiger partial charge on any atom is 0.413 e. The molecule has 0 saturated carbocycles. The lowest BCUT2D eigenvalue weighted by Crippen LogP contribution is -2.16. The van der Waals surface area contributed by atoms with Crippen LogP contribution in [0.3, 0.4) is 0 Å². The zero-order valence-corrected chi connectivity index (χ0v) is 11.7. The van der Waals surface area contributed by atoms with Crippen LogP contribution in [-0.2, 0) is 11.3 Å². The Morgan fingerprint density at radius 2 is 1.77 bits per heavy atom. The van der Waals surface area contributed by atoms with Crippen LogP contribution in [0, 0.1) is 0 Å². The first kappa shape index (κ1) is 13.9. The van der Waals surface area contributed by atoms with Gasteiger partial charge in [0.2, 0.25) is 0 Å². The van der Waals surface area contributed by atoms with E-state index in [0.29, 0.717) is 16.7 Å². The van der Waals surface area contributed by atoms with Crippen molar-refractivity contribution in [2.45, 2.75) is 6.61 Å². The molecule has 1 aromatic heterocycles. The van der Waals surface area contributed by atoms with Crippen LogP contribution >= 0.6 is 0 Å². The number of fused-ring (bicyclic) bond motifs is 1. The van der Waals surface area contributed by atoms with Crippen molar-refractivity contribution in [3.63, 3.8) is 0 Å². The van der Waals surface area contributed by atoms with Crippen LogP contribution in [0.4, 0.5) is 10.6 Å². The van der Waals surface area contributed by atoms with Crippen LogP contribution in [0.2, 0.25) is 0 Å². The van der Waals surface area contributed by atoms with Gasteiger partial charge in [0, 0.05) is 11.5 Å². The quantitative estimate of drug-likeness (QED) is 0.778. The van der Waals surface area contributed by atoms with Gasteiger partial charge in [0.05, 0.1) is 5.52 Å². The zero-order valence-electron chi connectivity index (χ0n) is 11.7. The van der Waals surface area contributed by atoms with Crippen LogP contribution in [0.1, 0.15) is 5.56 Å². The molecule has 1 heterocycles. The van der Waals surface area contributed by atoms with Crippen molar-refractivity contribution in [2.24, 2.45) is 0 Å². The summed E-state index contributed by atoms with van der Waals surface area (Å²) in [4.78, 5) is 26.7. The molecule has 0 aliphatic rings. The van der Waals surface area contributed by atoms with Gasteiger partial charge in [-0.3, -0.25) is 10.1 Å². The molecule has 0 atom stereocenters. The summed E-state index contributed by atoms with van der Waals surface area (Å²) in [5.74, 6) is 0.307. The van der Waals surface area contributed by atoms with Gasteiger partial charge in [0.15, 0.2) is 5.43 Å². The Morgan fingerprint density at radius 1 is 1.05 bits per heavy atom. The second kappa shape index (κ2) is 6.13. The van der Waals surface area contributed by atoms with E-state index in [4.69, 9.17) is 4.74 Å². The monoisotopic (exact) mass is 294 g/mol. The molecule has 2 aromatic carbocycles. The van der Waals surface area contributed by atoms with Gasteiger partial charge in [-0.2, -0.15) is 0 Å². The van der Waals surface area contributed by atoms with E-state index < -0.39 is 6.09 Å². The van der Waals surface area contributed by atoms with E-state index in [0.717, 1.165) is 5.56 Å². The van der Waals surface area contributed by atoms with E-state index in [1.807, 2.05) is 36.4 Å². The fraction of sp³-hybridized carbons (Fsp3) is 0.0588. The van der Waals surface area contributed by atoms with Crippen molar-refractivity contribution in [1.82, 2.24) is 4.98 Å². The molecule has 0 unspecified atom stereocenters. The number of H-pyrrole nitrogens is 1. The number of rotatable bonds is 3. The molecule has 3 aromatic rings. The third kappa shape index (κ3) is 3.15. The third-order valence-corrected chi connectivity index (χ3v) is 3.19. The van der Waals surface area contributed by atoms with Crippen molar-refractivity contribution >= 4 is 22.8 Å². The van der Waals surface area contributed by atoms with E-state index in [1.165, 1.54) is 6.07 Å². The average Bonchev–Trinajstić information content (AvgIpc) is 2.54. The normalized spacial score (nSPS) is 10.4. The molecular weight excluding hydrogens is 280 g/mol. The number of hydrogen-bond acceptors (Lipinski definition) is 3. The number of carbonyl (C=O) groups is 1. The second-order valence-corrected chi connectivity index (χ2v) is 4.78. The summed E-state index contributed by atoms with van der Waals surface area (Å²) in [6, 6.07) is 17.8. The van der Waals surface area contributed by atoms with Crippen molar-refractivity contribution in [2.75, 3.05) is 5.32 Å². The molecule has 0 radical (unpaired) electrons. The van der Waals surface area contributed by atoms with Gasteiger partial charge in [-0.25, -0.2) is 4.79 Å². The van der Waals surface area contributed by atoms with Crippen LogP contribution in [0.25, 0.3) is 10.9 Å². The molecule has 5 nitrogen and oxygen atoms in total. The highest BCUT2D eigenvalue weighted by Gasteiger charge is 2.06. The summed E-state index contributed by atoms with van der Waals surface area (Å²) in [6.45, 7) is 0.171. The third-order valence-electron chi connectivity index (χ3n) is 3.19. The number of benzene rings is 2. The highest BCUT2D eigenvalue weighted by Crippen LogP contribution is 2.10. The number of amides is 1. The zero-order chi connectivity index (χ0) is 15.4. The number of para-hydroxylation sites is 1. The van der Waals surface area contributed by atoms with Crippen molar-refractivity contribution in [1.29, 1.82) is 0 Å². The summed E-state index contributed by atoms with van der Waals surface area (Å²) >= 11 is 0. The fourth-order valence-corrected chi connectivity index (χ4v) is 2.13. The summed E-state index contributed by atoms with van der Waals surface area (Å²) in [5, 5.41) is 3.10. The lowest BCUT2D eigenvalue weighted by Gasteiger charge is -2.08. The molecule has 22 heavy (non-hydrogen) atoms. The van der Waals surface area contributed by atoms with E-state index >= 15 is 0 Å². The first-order valence-electron chi connectivity index (χ1n) is 6.82. The summed E-state index contributed by atoms with van der Waals surface area (Å²) in [7, 11) is 0. The SMILES string of the molecule is O=C(Nc1cc(=O)c2ccccc2[nH]1)OCc1ccccc1. The first-order chi connectivity index (χ1) is 10.7. The minimum Gasteiger partial charge on any atom is -0.444 e. The minimum atomic E-state index is -0.616. The van der Waals surface area contributed by atoms with Crippen molar-refractivity contribution < 1.29 is 9.53 Å². The number of pyridine rings is 1. The average molecular weight is 294 g/mol. The van der Waals surface area contributed by atoms with Gasteiger partial charge in [0.25, 0.3) is 0 Å². The maximum atomic E-state index is 11.9. The fourth-order valence-electron chi connectivity index (χ4n) is 2.13. The molecule has 3 rings (SSSR count). The van der Waals surface area contributed by atoms with Crippen LogP contribution < -0.4 is 10.7 Å². The molecule has 0 fully saturated rings. The number of nitrogens with one attached hydrogen (secondary N) is 2. The van der Waals surface area contributed by atoms with E-state index in [1.54, 1.807) is 18.2 Å². The number of aromatic amines is 1. The van der Waals surface area contributed by atoms with E-state index in [-0.39, 0.29) is 12.0 Å². The molecule has 0 bridgehead atoms. The number of ether oxygens (including phenoxy) is 1. The van der Waals surface area contributed by atoms with Gasteiger partial charge in [-0.1, -0.05) is 42.5 Å². The molecule has 0 saturated heterocycles. The van der Waals surface area contributed by atoms with Crippen LogP contribution in [-0.4, -0.2) is 11.1 Å². The smallest absolute Gasteiger partial charge is 0.413 e. The predicted octanol–water partition coefficient (Wildman–Crippen LogP) is 3.28. The van der Waals surface area contributed by atoms with Crippen molar-refractivity contribution in [3.05, 3.63) is 76.5 Å². The Hall–Kier alpha value is -3.08. The molecule has 0 spiro atoms. The van der Waals surface area contributed by atoms with E-state index in [2.05, 4.69) is 10.3 Å². The summed E-state index contributed by atoms with van der Waals surface area (Å²) < 4.78 is 5.11. The second-order valence-electron chi connectivity index (χ2n) is 4.78. The van der Waals surface area contributed by atoms with Crippen molar-refractivity contribution in [3.8, 4) is 0 Å². The number of carbonyl (C=O) groups excluding carboxylic acids is 1. The highest BCUT2D eigenvalue weighted by atomic mass is 16.5. The van der Waals surface area contributed by atoms with E-state index in [9.17, 15) is 9.59 Å². The summed E-state index contributed by atoms with van der Waals surface area (Å²) in [5.41, 5.74) is 1.39. The minimum absolute atomic E-state index is 0.160. The Kier molecular flexibility index (Phi) is 3.87. The number of hydrogen-bond donors (Lipinski definition) is 2. The Bertz CT molecular complexity index is 856. The van der Waals surface area contributed by atoms with Crippen LogP contribution in [0.5, 0.6) is 0 Å². The van der Waals surface area contributed by atoms with Gasteiger partial charge in [-0.05, 0) is 17.7 Å². The number of aromatic nitrogens is 1. The Labute approximate surface area is 126 Å². The van der Waals surface area contributed by atoms with Gasteiger partial charge < -0.3 is 9.72 Å². The molecule has 2 N–H and O–H groups in total. The molecular formula is C17H14N2O3. The molecule has 0 aliphatic carbocycles.